The molecule has 0 atom stereocenters. The van der Waals surface area contributed by atoms with E-state index >= 15 is 0 Å². The number of amides is 2. The molecular weight excluding hydrogens is 432 g/mol. The average Bonchev–Trinajstić information content (AvgIpc) is 3.30. The molecule has 1 saturated heterocycles. The normalized spacial score (nSPS) is 14.5. The van der Waals surface area contributed by atoms with Crippen molar-refractivity contribution < 1.29 is 23.5 Å². The molecule has 2 heterocycles. The van der Waals surface area contributed by atoms with Crippen molar-refractivity contribution in [2.24, 2.45) is 0 Å². The molecule has 34 heavy (non-hydrogen) atoms. The SMILES string of the molecule is CC(C)(C)OC(=O)N1CCC(Oc2cccc(-c3ccc(C(=O)Nc4ccccc4)o3)c2)CC1. The van der Waals surface area contributed by atoms with Gasteiger partial charge < -0.3 is 24.1 Å². The van der Waals surface area contributed by atoms with Crippen LogP contribution in [-0.4, -0.2) is 41.7 Å². The monoisotopic (exact) mass is 462 g/mol. The van der Waals surface area contributed by atoms with E-state index in [1.54, 1.807) is 17.0 Å². The Balaban J connectivity index is 1.34. The standard InChI is InChI=1S/C27H30N2O5/c1-27(2,3)34-26(31)29-16-14-21(15-17-29)32-22-11-7-8-19(18-22)23-12-13-24(33-23)25(30)28-20-9-5-4-6-10-20/h4-13,18,21H,14-17H2,1-3H3,(H,28,30). The van der Waals surface area contributed by atoms with E-state index in [1.807, 2.05) is 75.4 Å². The van der Waals surface area contributed by atoms with Gasteiger partial charge in [0.1, 0.15) is 23.2 Å². The summed E-state index contributed by atoms with van der Waals surface area (Å²) in [6.45, 7) is 6.79. The van der Waals surface area contributed by atoms with Gasteiger partial charge in [-0.25, -0.2) is 4.79 Å². The maximum Gasteiger partial charge on any atom is 0.410 e. The number of likely N-dealkylation sites (tertiary alicyclic amines) is 1. The fraction of sp³-hybridized carbons (Fsp3) is 0.333. The summed E-state index contributed by atoms with van der Waals surface area (Å²) in [6.07, 6.45) is 1.19. The molecule has 7 nitrogen and oxygen atoms in total. The maximum absolute atomic E-state index is 12.5. The number of nitrogens with zero attached hydrogens (tertiary/aromatic N) is 1. The van der Waals surface area contributed by atoms with Gasteiger partial charge in [0.15, 0.2) is 5.76 Å². The van der Waals surface area contributed by atoms with E-state index in [0.717, 1.165) is 24.2 Å². The van der Waals surface area contributed by atoms with Gasteiger partial charge in [0.2, 0.25) is 0 Å². The smallest absolute Gasteiger partial charge is 0.410 e. The summed E-state index contributed by atoms with van der Waals surface area (Å²) >= 11 is 0. The van der Waals surface area contributed by atoms with Crippen molar-refractivity contribution in [3.63, 3.8) is 0 Å². The van der Waals surface area contributed by atoms with Crippen LogP contribution in [0.4, 0.5) is 10.5 Å². The van der Waals surface area contributed by atoms with Crippen molar-refractivity contribution >= 4 is 17.7 Å². The largest absolute Gasteiger partial charge is 0.490 e. The number of carbonyl (C=O) groups excluding carboxylic acids is 2. The number of hydrogen-bond donors (Lipinski definition) is 1. The number of nitrogens with one attached hydrogen (secondary N) is 1. The van der Waals surface area contributed by atoms with Crippen LogP contribution in [0.2, 0.25) is 0 Å². The lowest BCUT2D eigenvalue weighted by atomic mass is 10.1. The summed E-state index contributed by atoms with van der Waals surface area (Å²) in [5.41, 5.74) is 1.03. The minimum absolute atomic E-state index is 0.0118. The molecule has 1 N–H and O–H groups in total. The highest BCUT2D eigenvalue weighted by atomic mass is 16.6. The fourth-order valence-electron chi connectivity index (χ4n) is 3.73. The quantitative estimate of drug-likeness (QED) is 0.505. The second-order valence-electron chi connectivity index (χ2n) is 9.30. The molecule has 0 saturated carbocycles. The van der Waals surface area contributed by atoms with E-state index in [-0.39, 0.29) is 23.9 Å². The zero-order valence-corrected chi connectivity index (χ0v) is 19.7. The highest BCUT2D eigenvalue weighted by Gasteiger charge is 2.27. The maximum atomic E-state index is 12.5. The third-order valence-corrected chi connectivity index (χ3v) is 5.38. The van der Waals surface area contributed by atoms with Crippen LogP contribution in [0.15, 0.2) is 71.1 Å². The van der Waals surface area contributed by atoms with Crippen LogP contribution in [0.25, 0.3) is 11.3 Å². The molecule has 2 aromatic carbocycles. The Labute approximate surface area is 199 Å². The van der Waals surface area contributed by atoms with Gasteiger partial charge in [-0.2, -0.15) is 0 Å². The van der Waals surface area contributed by atoms with Gasteiger partial charge in [0.25, 0.3) is 5.91 Å². The van der Waals surface area contributed by atoms with Crippen LogP contribution < -0.4 is 10.1 Å². The van der Waals surface area contributed by atoms with Crippen molar-refractivity contribution in [3.05, 3.63) is 72.5 Å². The van der Waals surface area contributed by atoms with Gasteiger partial charge >= 0.3 is 6.09 Å². The molecule has 1 aromatic heterocycles. The topological polar surface area (TPSA) is 81.0 Å². The van der Waals surface area contributed by atoms with E-state index in [0.29, 0.717) is 24.5 Å². The molecule has 3 aromatic rings. The molecule has 1 aliphatic heterocycles. The van der Waals surface area contributed by atoms with Gasteiger partial charge in [-0.05, 0) is 57.2 Å². The number of piperidine rings is 1. The number of ether oxygens (including phenoxy) is 2. The zero-order valence-electron chi connectivity index (χ0n) is 19.7. The molecule has 7 heteroatoms. The molecule has 0 aliphatic carbocycles. The lowest BCUT2D eigenvalue weighted by molar-refractivity contribution is 0.0126. The van der Waals surface area contributed by atoms with Crippen LogP contribution in [0.1, 0.15) is 44.2 Å². The average molecular weight is 463 g/mol. The third kappa shape index (κ3) is 6.19. The van der Waals surface area contributed by atoms with Crippen molar-refractivity contribution in [1.29, 1.82) is 0 Å². The first-order valence-corrected chi connectivity index (χ1v) is 11.5. The zero-order chi connectivity index (χ0) is 24.1. The van der Waals surface area contributed by atoms with Crippen LogP contribution in [0.3, 0.4) is 0 Å². The molecule has 1 aliphatic rings. The molecule has 1 fully saturated rings. The number of carbonyl (C=O) groups is 2. The number of anilines is 1. The first-order chi connectivity index (χ1) is 16.3. The first kappa shape index (κ1) is 23.4. The predicted octanol–water partition coefficient (Wildman–Crippen LogP) is 5.98. The summed E-state index contributed by atoms with van der Waals surface area (Å²) < 4.78 is 17.4. The summed E-state index contributed by atoms with van der Waals surface area (Å²) in [7, 11) is 0. The molecule has 4 rings (SSSR count). The van der Waals surface area contributed by atoms with Gasteiger partial charge in [-0.1, -0.05) is 30.3 Å². The number of benzene rings is 2. The molecule has 0 bridgehead atoms. The molecule has 2 amide bonds. The number of furan rings is 1. The summed E-state index contributed by atoms with van der Waals surface area (Å²) in [5.74, 6) is 1.24. The minimum Gasteiger partial charge on any atom is -0.490 e. The highest BCUT2D eigenvalue weighted by Crippen LogP contribution is 2.28. The second-order valence-corrected chi connectivity index (χ2v) is 9.30. The molecule has 0 radical (unpaired) electrons. The number of para-hydroxylation sites is 1. The summed E-state index contributed by atoms with van der Waals surface area (Å²) in [4.78, 5) is 26.5. The lowest BCUT2D eigenvalue weighted by Gasteiger charge is -2.33. The minimum atomic E-state index is -0.501. The van der Waals surface area contributed by atoms with E-state index in [4.69, 9.17) is 13.9 Å². The van der Waals surface area contributed by atoms with Gasteiger partial charge in [-0.3, -0.25) is 4.79 Å². The number of hydrogen-bond acceptors (Lipinski definition) is 5. The van der Waals surface area contributed by atoms with Crippen LogP contribution >= 0.6 is 0 Å². The van der Waals surface area contributed by atoms with E-state index in [1.165, 1.54) is 0 Å². The first-order valence-electron chi connectivity index (χ1n) is 11.5. The predicted molar refractivity (Wildman–Crippen MR) is 130 cm³/mol. The molecule has 0 spiro atoms. The molecular formula is C27H30N2O5. The van der Waals surface area contributed by atoms with Crippen molar-refractivity contribution in [2.45, 2.75) is 45.3 Å². The Morgan fingerprint density at radius 2 is 1.71 bits per heavy atom. The summed E-state index contributed by atoms with van der Waals surface area (Å²) in [5, 5.41) is 2.82. The third-order valence-electron chi connectivity index (χ3n) is 5.38. The second kappa shape index (κ2) is 10.0. The Kier molecular flexibility index (Phi) is 6.91. The Morgan fingerprint density at radius 3 is 2.41 bits per heavy atom. The lowest BCUT2D eigenvalue weighted by Crippen LogP contribution is -2.44. The van der Waals surface area contributed by atoms with E-state index in [9.17, 15) is 9.59 Å². The van der Waals surface area contributed by atoms with E-state index in [2.05, 4.69) is 5.32 Å². The van der Waals surface area contributed by atoms with Crippen LogP contribution in [-0.2, 0) is 4.74 Å². The Morgan fingerprint density at radius 1 is 0.971 bits per heavy atom. The van der Waals surface area contributed by atoms with Crippen molar-refractivity contribution in [2.75, 3.05) is 18.4 Å². The molecule has 0 unspecified atom stereocenters. The number of rotatable bonds is 5. The van der Waals surface area contributed by atoms with Crippen LogP contribution in [0, 0.1) is 0 Å². The Bertz CT molecular complexity index is 1130. The molecule has 178 valence electrons. The Hall–Kier alpha value is -3.74. The van der Waals surface area contributed by atoms with Crippen LogP contribution in [0.5, 0.6) is 5.75 Å². The van der Waals surface area contributed by atoms with Crippen molar-refractivity contribution in [1.82, 2.24) is 4.90 Å². The van der Waals surface area contributed by atoms with Gasteiger partial charge in [0, 0.05) is 37.2 Å². The van der Waals surface area contributed by atoms with Gasteiger partial charge in [0.05, 0.1) is 0 Å². The van der Waals surface area contributed by atoms with Crippen molar-refractivity contribution in [3.8, 4) is 17.1 Å². The highest BCUT2D eigenvalue weighted by molar-refractivity contribution is 6.02. The van der Waals surface area contributed by atoms with E-state index < -0.39 is 5.60 Å². The van der Waals surface area contributed by atoms with Gasteiger partial charge in [-0.15, -0.1) is 0 Å². The fourth-order valence-corrected chi connectivity index (χ4v) is 3.73. The summed E-state index contributed by atoms with van der Waals surface area (Å²) in [6, 6.07) is 20.3.